The maximum atomic E-state index is 12.3. The van der Waals surface area contributed by atoms with Gasteiger partial charge in [0.15, 0.2) is 0 Å². The van der Waals surface area contributed by atoms with Gasteiger partial charge in [0, 0.05) is 13.0 Å². The topological polar surface area (TPSA) is 67.4 Å². The van der Waals surface area contributed by atoms with E-state index >= 15 is 0 Å². The van der Waals surface area contributed by atoms with Crippen molar-refractivity contribution in [3.63, 3.8) is 0 Å². The molecule has 148 valence electrons. The molecule has 28 heavy (non-hydrogen) atoms. The van der Waals surface area contributed by atoms with Crippen LogP contribution in [0.25, 0.3) is 0 Å². The van der Waals surface area contributed by atoms with Gasteiger partial charge in [-0.25, -0.2) is 0 Å². The second kappa shape index (κ2) is 9.93. The molecule has 0 fully saturated rings. The van der Waals surface area contributed by atoms with Crippen LogP contribution in [-0.4, -0.2) is 25.0 Å². The molecule has 0 unspecified atom stereocenters. The van der Waals surface area contributed by atoms with Crippen LogP contribution in [0.2, 0.25) is 0 Å². The SMILES string of the molecule is CCOc1ccccc1C(=O)NCCCC(=O)N[C@H]1CCCc2ccccc21. The van der Waals surface area contributed by atoms with Gasteiger partial charge in [0.05, 0.1) is 18.2 Å². The summed E-state index contributed by atoms with van der Waals surface area (Å²) in [6, 6.07) is 15.6. The van der Waals surface area contributed by atoms with Gasteiger partial charge >= 0.3 is 0 Å². The van der Waals surface area contributed by atoms with Crippen molar-refractivity contribution >= 4 is 11.8 Å². The lowest BCUT2D eigenvalue weighted by atomic mass is 9.87. The van der Waals surface area contributed by atoms with Crippen molar-refractivity contribution in [3.05, 3.63) is 65.2 Å². The average Bonchev–Trinajstić information content (AvgIpc) is 2.72. The molecule has 1 atom stereocenters. The van der Waals surface area contributed by atoms with E-state index in [-0.39, 0.29) is 17.9 Å². The second-order valence-electron chi connectivity index (χ2n) is 7.00. The molecule has 2 aromatic rings. The van der Waals surface area contributed by atoms with Crippen molar-refractivity contribution in [1.82, 2.24) is 10.6 Å². The van der Waals surface area contributed by atoms with E-state index in [0.29, 0.717) is 37.3 Å². The molecule has 1 aliphatic rings. The molecule has 1 aliphatic carbocycles. The van der Waals surface area contributed by atoms with Gasteiger partial charge in [-0.2, -0.15) is 0 Å². The van der Waals surface area contributed by atoms with Crippen LogP contribution in [0.1, 0.15) is 60.1 Å². The third-order valence-corrected chi connectivity index (χ3v) is 5.00. The highest BCUT2D eigenvalue weighted by molar-refractivity contribution is 5.96. The number of para-hydroxylation sites is 1. The smallest absolute Gasteiger partial charge is 0.255 e. The Kier molecular flexibility index (Phi) is 7.06. The summed E-state index contributed by atoms with van der Waals surface area (Å²) in [5.74, 6) is 0.438. The summed E-state index contributed by atoms with van der Waals surface area (Å²) in [4.78, 5) is 24.7. The number of amides is 2. The number of fused-ring (bicyclic) bond motifs is 1. The normalized spacial score (nSPS) is 15.4. The monoisotopic (exact) mass is 380 g/mol. The molecule has 5 heteroatoms. The predicted molar refractivity (Wildman–Crippen MR) is 109 cm³/mol. The molecule has 0 radical (unpaired) electrons. The largest absolute Gasteiger partial charge is 0.493 e. The van der Waals surface area contributed by atoms with E-state index in [9.17, 15) is 9.59 Å². The minimum absolute atomic E-state index is 0.0330. The third kappa shape index (κ3) is 5.12. The van der Waals surface area contributed by atoms with Crippen molar-refractivity contribution in [2.45, 2.75) is 45.1 Å². The molecular formula is C23H28N2O3. The molecule has 0 aromatic heterocycles. The Morgan fingerprint density at radius 3 is 2.75 bits per heavy atom. The molecule has 0 spiro atoms. The van der Waals surface area contributed by atoms with Crippen molar-refractivity contribution in [2.75, 3.05) is 13.2 Å². The molecular weight excluding hydrogens is 352 g/mol. The van der Waals surface area contributed by atoms with Crippen LogP contribution < -0.4 is 15.4 Å². The zero-order valence-electron chi connectivity index (χ0n) is 16.4. The molecule has 0 aliphatic heterocycles. The Bertz CT molecular complexity index is 819. The number of nitrogens with one attached hydrogen (secondary N) is 2. The van der Waals surface area contributed by atoms with Gasteiger partial charge in [0.2, 0.25) is 5.91 Å². The lowest BCUT2D eigenvalue weighted by Crippen LogP contribution is -2.32. The first-order valence-corrected chi connectivity index (χ1v) is 10.1. The summed E-state index contributed by atoms with van der Waals surface area (Å²) in [5.41, 5.74) is 3.09. The van der Waals surface area contributed by atoms with Gasteiger partial charge in [0.1, 0.15) is 5.75 Å². The molecule has 0 saturated heterocycles. The number of benzene rings is 2. The maximum Gasteiger partial charge on any atom is 0.255 e. The molecule has 0 heterocycles. The van der Waals surface area contributed by atoms with Crippen LogP contribution in [0.15, 0.2) is 48.5 Å². The minimum atomic E-state index is -0.175. The standard InChI is InChI=1S/C23H28N2O3/c1-2-28-21-14-6-5-12-19(21)23(27)24-16-8-15-22(26)25-20-13-7-10-17-9-3-4-11-18(17)20/h3-6,9,11-12,14,20H,2,7-8,10,13,15-16H2,1H3,(H,24,27)(H,25,26)/t20-/m0/s1. The van der Waals surface area contributed by atoms with Gasteiger partial charge in [-0.15, -0.1) is 0 Å². The fourth-order valence-electron chi connectivity index (χ4n) is 3.65. The molecule has 5 nitrogen and oxygen atoms in total. The Hall–Kier alpha value is -2.82. The fraction of sp³-hybridized carbons (Fsp3) is 0.391. The highest BCUT2D eigenvalue weighted by Crippen LogP contribution is 2.29. The van der Waals surface area contributed by atoms with Crippen LogP contribution >= 0.6 is 0 Å². The zero-order valence-corrected chi connectivity index (χ0v) is 16.4. The Morgan fingerprint density at radius 1 is 1.11 bits per heavy atom. The van der Waals surface area contributed by atoms with Gasteiger partial charge in [-0.1, -0.05) is 36.4 Å². The minimum Gasteiger partial charge on any atom is -0.493 e. The van der Waals surface area contributed by atoms with Gasteiger partial charge < -0.3 is 15.4 Å². The summed E-state index contributed by atoms with van der Waals surface area (Å²) in [5, 5.41) is 6.02. The number of carbonyl (C=O) groups excluding carboxylic acids is 2. The van der Waals surface area contributed by atoms with Gasteiger partial charge in [0.25, 0.3) is 5.91 Å². The van der Waals surface area contributed by atoms with Crippen LogP contribution in [0, 0.1) is 0 Å². The predicted octanol–water partition coefficient (Wildman–Crippen LogP) is 3.79. The lowest BCUT2D eigenvalue weighted by Gasteiger charge is -2.26. The molecule has 2 N–H and O–H groups in total. The third-order valence-electron chi connectivity index (χ3n) is 5.00. The summed E-state index contributed by atoms with van der Waals surface area (Å²) in [6.07, 6.45) is 4.15. The van der Waals surface area contributed by atoms with Gasteiger partial charge in [-0.3, -0.25) is 9.59 Å². The van der Waals surface area contributed by atoms with E-state index in [0.717, 1.165) is 19.3 Å². The number of aryl methyl sites for hydroxylation is 1. The second-order valence-corrected chi connectivity index (χ2v) is 7.00. The number of hydrogen-bond donors (Lipinski definition) is 2. The summed E-state index contributed by atoms with van der Waals surface area (Å²) in [6.45, 7) is 2.85. The van der Waals surface area contributed by atoms with Crippen molar-refractivity contribution in [1.29, 1.82) is 0 Å². The van der Waals surface area contributed by atoms with Crippen LogP contribution in [0.5, 0.6) is 5.75 Å². The first kappa shape index (κ1) is 19.9. The van der Waals surface area contributed by atoms with E-state index in [1.807, 2.05) is 25.1 Å². The van der Waals surface area contributed by atoms with E-state index in [1.54, 1.807) is 12.1 Å². The Morgan fingerprint density at radius 2 is 1.89 bits per heavy atom. The van der Waals surface area contributed by atoms with E-state index in [2.05, 4.69) is 28.8 Å². The van der Waals surface area contributed by atoms with Crippen LogP contribution in [0.3, 0.4) is 0 Å². The molecule has 2 aromatic carbocycles. The Labute approximate surface area is 166 Å². The van der Waals surface area contributed by atoms with E-state index in [4.69, 9.17) is 4.74 Å². The van der Waals surface area contributed by atoms with Crippen LogP contribution in [-0.2, 0) is 11.2 Å². The van der Waals surface area contributed by atoms with Gasteiger partial charge in [-0.05, 0) is 55.9 Å². The van der Waals surface area contributed by atoms with Crippen molar-refractivity contribution in [3.8, 4) is 5.75 Å². The number of hydrogen-bond acceptors (Lipinski definition) is 3. The van der Waals surface area contributed by atoms with Crippen molar-refractivity contribution < 1.29 is 14.3 Å². The van der Waals surface area contributed by atoms with Crippen molar-refractivity contribution in [2.24, 2.45) is 0 Å². The molecule has 2 amide bonds. The summed E-state index contributed by atoms with van der Waals surface area (Å²) < 4.78 is 5.49. The quantitative estimate of drug-likeness (QED) is 0.685. The highest BCUT2D eigenvalue weighted by atomic mass is 16.5. The number of carbonyl (C=O) groups is 2. The average molecular weight is 380 g/mol. The zero-order chi connectivity index (χ0) is 19.8. The lowest BCUT2D eigenvalue weighted by molar-refractivity contribution is -0.122. The number of ether oxygens (including phenoxy) is 1. The molecule has 3 rings (SSSR count). The fourth-order valence-corrected chi connectivity index (χ4v) is 3.65. The number of rotatable bonds is 8. The molecule has 0 bridgehead atoms. The molecule has 0 saturated carbocycles. The highest BCUT2D eigenvalue weighted by Gasteiger charge is 2.21. The Balaban J connectivity index is 1.43. The summed E-state index contributed by atoms with van der Waals surface area (Å²) in [7, 11) is 0. The summed E-state index contributed by atoms with van der Waals surface area (Å²) >= 11 is 0. The maximum absolute atomic E-state index is 12.3. The first-order chi connectivity index (χ1) is 13.7. The van der Waals surface area contributed by atoms with E-state index < -0.39 is 0 Å². The van der Waals surface area contributed by atoms with E-state index in [1.165, 1.54) is 11.1 Å². The van der Waals surface area contributed by atoms with Crippen LogP contribution in [0.4, 0.5) is 0 Å². The first-order valence-electron chi connectivity index (χ1n) is 10.1.